The average Bonchev–Trinajstić information content (AvgIpc) is 3.40. The molecule has 0 radical (unpaired) electrons. The van der Waals surface area contributed by atoms with Crippen molar-refractivity contribution in [1.82, 2.24) is 14.7 Å². The van der Waals surface area contributed by atoms with Gasteiger partial charge in [0.2, 0.25) is 0 Å². The first-order chi connectivity index (χ1) is 14.0. The zero-order valence-electron chi connectivity index (χ0n) is 15.7. The number of nitrogens with zero attached hydrogens (tertiary/aromatic N) is 4. The first kappa shape index (κ1) is 18.4. The number of anilines is 3. The molecule has 1 aromatic carbocycles. The van der Waals surface area contributed by atoms with E-state index in [-0.39, 0.29) is 11.8 Å². The molecule has 0 bridgehead atoms. The minimum absolute atomic E-state index is 0.0782. The summed E-state index contributed by atoms with van der Waals surface area (Å²) in [4.78, 5) is 29.3. The molecule has 4 heterocycles. The summed E-state index contributed by atoms with van der Waals surface area (Å²) in [6.07, 6.45) is 0.857. The molecule has 0 atom stereocenters. The number of thiophene rings is 1. The predicted octanol–water partition coefficient (Wildman–Crippen LogP) is 3.74. The Morgan fingerprint density at radius 2 is 2.03 bits per heavy atom. The first-order valence-electron chi connectivity index (χ1n) is 9.30. The Hall–Kier alpha value is -2.65. The summed E-state index contributed by atoms with van der Waals surface area (Å²) in [7, 11) is 1.84. The maximum Gasteiger partial charge on any atom is 0.266 e. The highest BCUT2D eigenvalue weighted by Gasteiger charge is 2.27. The molecule has 3 aromatic rings. The second-order valence-electron chi connectivity index (χ2n) is 7.14. The number of carbonyl (C=O) groups is 2. The fraction of sp³-hybridized carbons (Fsp3) is 0.250. The van der Waals surface area contributed by atoms with Crippen LogP contribution in [-0.2, 0) is 13.0 Å². The molecule has 148 valence electrons. The highest BCUT2D eigenvalue weighted by Crippen LogP contribution is 2.34. The monoisotopic (exact) mass is 471 g/mol. The van der Waals surface area contributed by atoms with Gasteiger partial charge in [-0.2, -0.15) is 5.10 Å². The molecular formula is C20H18BrN5O2S. The third-order valence-corrected chi connectivity index (χ3v) is 6.93. The van der Waals surface area contributed by atoms with E-state index in [4.69, 9.17) is 0 Å². The molecule has 0 saturated carbocycles. The molecule has 0 aliphatic carbocycles. The molecule has 2 amide bonds. The lowest BCUT2D eigenvalue weighted by atomic mass is 9.98. The summed E-state index contributed by atoms with van der Waals surface area (Å²) >= 11 is 4.76. The minimum Gasteiger partial charge on any atom is -0.341 e. The lowest BCUT2D eigenvalue weighted by Gasteiger charge is -2.26. The molecular weight excluding hydrogens is 454 g/mol. The van der Waals surface area contributed by atoms with E-state index < -0.39 is 0 Å². The van der Waals surface area contributed by atoms with Crippen LogP contribution >= 0.6 is 27.3 Å². The van der Waals surface area contributed by atoms with Crippen LogP contribution < -0.4 is 10.2 Å². The summed E-state index contributed by atoms with van der Waals surface area (Å²) in [6.45, 7) is 2.29. The number of amides is 2. The number of halogens is 1. The number of hydrogen-bond donors (Lipinski definition) is 1. The molecule has 0 fully saturated rings. The lowest BCUT2D eigenvalue weighted by molar-refractivity contribution is 0.0780. The summed E-state index contributed by atoms with van der Waals surface area (Å²) in [5.74, 6) is 1.38. The number of likely N-dealkylation sites (N-methyl/N-ethyl adjacent to an activating group) is 1. The van der Waals surface area contributed by atoms with Gasteiger partial charge >= 0.3 is 0 Å². The van der Waals surface area contributed by atoms with E-state index in [9.17, 15) is 9.59 Å². The molecule has 0 spiro atoms. The van der Waals surface area contributed by atoms with Crippen molar-refractivity contribution in [2.24, 2.45) is 0 Å². The minimum atomic E-state index is -0.166. The highest BCUT2D eigenvalue weighted by atomic mass is 79.9. The van der Waals surface area contributed by atoms with Gasteiger partial charge in [0.05, 0.1) is 15.2 Å². The van der Waals surface area contributed by atoms with E-state index in [0.29, 0.717) is 10.7 Å². The maximum absolute atomic E-state index is 12.4. The van der Waals surface area contributed by atoms with Crippen LogP contribution in [0.2, 0.25) is 0 Å². The summed E-state index contributed by atoms with van der Waals surface area (Å²) in [6, 6.07) is 11.5. The smallest absolute Gasteiger partial charge is 0.266 e. The second-order valence-corrected chi connectivity index (χ2v) is 9.60. The Bertz CT molecular complexity index is 1140. The van der Waals surface area contributed by atoms with Crippen molar-refractivity contribution in [3.8, 4) is 0 Å². The number of hydrogen-bond acceptors (Lipinski definition) is 5. The zero-order valence-corrected chi connectivity index (χ0v) is 18.1. The molecule has 0 saturated heterocycles. The Morgan fingerprint density at radius 1 is 1.17 bits per heavy atom. The molecule has 9 heteroatoms. The van der Waals surface area contributed by atoms with Gasteiger partial charge in [-0.1, -0.05) is 0 Å². The normalized spacial score (nSPS) is 15.4. The third-order valence-electron chi connectivity index (χ3n) is 5.30. The average molecular weight is 472 g/mol. The summed E-state index contributed by atoms with van der Waals surface area (Å²) < 4.78 is 2.82. The van der Waals surface area contributed by atoms with Crippen LogP contribution in [0.4, 0.5) is 17.3 Å². The van der Waals surface area contributed by atoms with Gasteiger partial charge in [0.25, 0.3) is 11.8 Å². The van der Waals surface area contributed by atoms with E-state index in [0.717, 1.165) is 52.5 Å². The predicted molar refractivity (Wildman–Crippen MR) is 116 cm³/mol. The van der Waals surface area contributed by atoms with Crippen molar-refractivity contribution >= 4 is 56.4 Å². The zero-order chi connectivity index (χ0) is 20.1. The number of carbonyl (C=O) groups excluding carboxylic acids is 2. The summed E-state index contributed by atoms with van der Waals surface area (Å²) in [5, 5.41) is 7.40. The number of benzene rings is 1. The van der Waals surface area contributed by atoms with E-state index in [1.54, 1.807) is 11.0 Å². The van der Waals surface area contributed by atoms with Crippen molar-refractivity contribution in [1.29, 1.82) is 0 Å². The largest absolute Gasteiger partial charge is 0.341 e. The van der Waals surface area contributed by atoms with Crippen molar-refractivity contribution in [3.63, 3.8) is 0 Å². The number of fused-ring (bicyclic) bond motifs is 2. The van der Waals surface area contributed by atoms with Crippen LogP contribution in [0, 0.1) is 0 Å². The van der Waals surface area contributed by atoms with Crippen LogP contribution in [0.15, 0.2) is 40.2 Å². The molecule has 5 rings (SSSR count). The first-order valence-corrected chi connectivity index (χ1v) is 10.9. The van der Waals surface area contributed by atoms with E-state index in [1.165, 1.54) is 11.3 Å². The Kier molecular flexibility index (Phi) is 4.44. The van der Waals surface area contributed by atoms with Gasteiger partial charge in [-0.15, -0.1) is 11.3 Å². The van der Waals surface area contributed by atoms with Gasteiger partial charge in [0, 0.05) is 37.5 Å². The maximum atomic E-state index is 12.4. The molecule has 2 aromatic heterocycles. The van der Waals surface area contributed by atoms with E-state index >= 15 is 0 Å². The second kappa shape index (κ2) is 7.00. The van der Waals surface area contributed by atoms with Gasteiger partial charge in [0.1, 0.15) is 5.82 Å². The molecule has 29 heavy (non-hydrogen) atoms. The van der Waals surface area contributed by atoms with Gasteiger partial charge in [0.15, 0.2) is 5.82 Å². The fourth-order valence-corrected chi connectivity index (χ4v) is 5.07. The van der Waals surface area contributed by atoms with Crippen LogP contribution in [0.3, 0.4) is 0 Å². The van der Waals surface area contributed by atoms with E-state index in [2.05, 4.69) is 37.3 Å². The lowest BCUT2D eigenvalue weighted by Crippen LogP contribution is -2.34. The molecule has 1 N–H and O–H groups in total. The fourth-order valence-electron chi connectivity index (χ4n) is 3.79. The standard InChI is InChI=1S/C20H18BrN5O2S/c1-24-7-6-12-10-13(2-3-14(12)20(24)28)25-8-9-26-18(25)11-17(23-26)22-19(27)15-4-5-16(21)29-15/h2-5,10-11H,6-9H2,1H3,(H,22,23,27). The van der Waals surface area contributed by atoms with Gasteiger partial charge < -0.3 is 15.1 Å². The number of aromatic nitrogens is 2. The molecule has 2 aliphatic heterocycles. The van der Waals surface area contributed by atoms with Crippen LogP contribution in [0.5, 0.6) is 0 Å². The van der Waals surface area contributed by atoms with Gasteiger partial charge in [-0.05, 0) is 58.2 Å². The van der Waals surface area contributed by atoms with Crippen LogP contribution in [0.1, 0.15) is 25.6 Å². The Balaban J connectivity index is 1.39. The highest BCUT2D eigenvalue weighted by molar-refractivity contribution is 9.11. The van der Waals surface area contributed by atoms with Crippen LogP contribution in [0.25, 0.3) is 0 Å². The Labute approximate surface area is 180 Å². The van der Waals surface area contributed by atoms with Crippen molar-refractivity contribution < 1.29 is 9.59 Å². The molecule has 7 nitrogen and oxygen atoms in total. The van der Waals surface area contributed by atoms with Gasteiger partial charge in [-0.3, -0.25) is 9.59 Å². The summed E-state index contributed by atoms with van der Waals surface area (Å²) in [5.41, 5.74) is 2.91. The quantitative estimate of drug-likeness (QED) is 0.631. The number of nitrogens with one attached hydrogen (secondary N) is 1. The van der Waals surface area contributed by atoms with Crippen molar-refractivity contribution in [2.45, 2.75) is 13.0 Å². The topological polar surface area (TPSA) is 70.5 Å². The number of rotatable bonds is 3. The Morgan fingerprint density at radius 3 is 2.83 bits per heavy atom. The van der Waals surface area contributed by atoms with Crippen molar-refractivity contribution in [3.05, 3.63) is 56.2 Å². The molecule has 2 aliphatic rings. The SMILES string of the molecule is CN1CCc2cc(N3CCn4nc(NC(=O)c5ccc(Br)s5)cc43)ccc2C1=O. The van der Waals surface area contributed by atoms with Crippen LogP contribution in [-0.4, -0.2) is 46.6 Å². The van der Waals surface area contributed by atoms with Gasteiger partial charge in [-0.25, -0.2) is 4.68 Å². The van der Waals surface area contributed by atoms with E-state index in [1.807, 2.05) is 36.0 Å². The third kappa shape index (κ3) is 3.24. The molecule has 0 unspecified atom stereocenters. The van der Waals surface area contributed by atoms with Crippen molar-refractivity contribution in [2.75, 3.05) is 30.4 Å².